The normalized spacial score (nSPS) is 20.3. The number of nitrogens with zero attached hydrogens (tertiary/aromatic N) is 2. The minimum atomic E-state index is -0.291. The van der Waals surface area contributed by atoms with Crippen LogP contribution in [0.1, 0.15) is 66.1 Å². The first-order chi connectivity index (χ1) is 13.8. The predicted octanol–water partition coefficient (Wildman–Crippen LogP) is 6.90. The van der Waals surface area contributed by atoms with Gasteiger partial charge < -0.3 is 0 Å². The molecule has 0 saturated heterocycles. The number of rotatable bonds is 7. The summed E-state index contributed by atoms with van der Waals surface area (Å²) in [7, 11) is 0. The van der Waals surface area contributed by atoms with Crippen molar-refractivity contribution in [3.05, 3.63) is 69.3 Å². The molecular weight excluding hydrogens is 380 g/mol. The maximum Gasteiger partial charge on any atom is 0.282 e. The Morgan fingerprint density at radius 1 is 1.34 bits per heavy atom. The first-order valence-electron chi connectivity index (χ1n) is 10.6. The van der Waals surface area contributed by atoms with Gasteiger partial charge in [-0.05, 0) is 68.4 Å². The molecule has 0 saturated carbocycles. The molecule has 0 radical (unpaired) electrons. The molecule has 2 heterocycles. The minimum absolute atomic E-state index is 0.254. The van der Waals surface area contributed by atoms with Crippen LogP contribution in [0.2, 0.25) is 5.02 Å². The molecule has 0 bridgehead atoms. The van der Waals surface area contributed by atoms with Gasteiger partial charge >= 0.3 is 0 Å². The number of fused-ring (bicyclic) bond motifs is 3. The van der Waals surface area contributed by atoms with Gasteiger partial charge in [-0.15, -0.1) is 0 Å². The summed E-state index contributed by atoms with van der Waals surface area (Å²) in [5, 5.41) is 0.931. The standard InChI is InChI=1S/C25H31ClN2O/c1-7-12-17(8-2)18(9-3)15-21-16(5)25(6,10-4)24-27-23(29)22-19(26)13-11-14-20(22)28(21)24/h9,11,13-15,17H,3,7-8,10,12H2,1-2,4-6H3/b18-15+. The van der Waals surface area contributed by atoms with Crippen LogP contribution in [0.25, 0.3) is 16.6 Å². The van der Waals surface area contributed by atoms with Crippen molar-refractivity contribution in [3.63, 3.8) is 0 Å². The van der Waals surface area contributed by atoms with Crippen LogP contribution in [0.15, 0.2) is 52.9 Å². The molecular formula is C25H31ClN2O. The van der Waals surface area contributed by atoms with Crippen LogP contribution in [0.5, 0.6) is 0 Å². The van der Waals surface area contributed by atoms with Crippen molar-refractivity contribution in [2.24, 2.45) is 5.92 Å². The van der Waals surface area contributed by atoms with Gasteiger partial charge in [-0.3, -0.25) is 9.36 Å². The second-order valence-corrected chi connectivity index (χ2v) is 8.56. The van der Waals surface area contributed by atoms with Gasteiger partial charge in [0.2, 0.25) is 0 Å². The van der Waals surface area contributed by atoms with E-state index in [1.54, 1.807) is 6.07 Å². The van der Waals surface area contributed by atoms with Crippen molar-refractivity contribution in [2.45, 2.75) is 65.7 Å². The van der Waals surface area contributed by atoms with Crippen molar-refractivity contribution in [1.29, 1.82) is 0 Å². The summed E-state index contributed by atoms with van der Waals surface area (Å²) in [6.07, 6.45) is 8.44. The number of aromatic nitrogens is 2. The molecule has 29 heavy (non-hydrogen) atoms. The van der Waals surface area contributed by atoms with Crippen LogP contribution in [0.3, 0.4) is 0 Å². The fraction of sp³-hybridized carbons (Fsp3) is 0.440. The zero-order chi connectivity index (χ0) is 21.3. The lowest BCUT2D eigenvalue weighted by molar-refractivity contribution is 0.515. The molecule has 0 amide bonds. The maximum atomic E-state index is 12.8. The summed E-state index contributed by atoms with van der Waals surface area (Å²) < 4.78 is 2.14. The van der Waals surface area contributed by atoms with Gasteiger partial charge in [0.1, 0.15) is 5.82 Å². The van der Waals surface area contributed by atoms with Crippen molar-refractivity contribution >= 4 is 28.2 Å². The highest BCUT2D eigenvalue weighted by Gasteiger charge is 2.40. The Morgan fingerprint density at radius 3 is 2.66 bits per heavy atom. The second kappa shape index (κ2) is 8.31. The molecule has 2 aromatic rings. The van der Waals surface area contributed by atoms with E-state index in [-0.39, 0.29) is 11.0 Å². The highest BCUT2D eigenvalue weighted by Crippen LogP contribution is 2.45. The number of benzene rings is 1. The first-order valence-corrected chi connectivity index (χ1v) is 11.0. The van der Waals surface area contributed by atoms with Crippen LogP contribution in [-0.4, -0.2) is 9.55 Å². The van der Waals surface area contributed by atoms with Crippen molar-refractivity contribution in [3.8, 4) is 0 Å². The van der Waals surface area contributed by atoms with Gasteiger partial charge in [0.25, 0.3) is 5.56 Å². The van der Waals surface area contributed by atoms with E-state index in [1.165, 1.54) is 11.1 Å². The van der Waals surface area contributed by atoms with Crippen molar-refractivity contribution in [1.82, 2.24) is 9.55 Å². The predicted molar refractivity (Wildman–Crippen MR) is 125 cm³/mol. The molecule has 2 unspecified atom stereocenters. The molecule has 0 aliphatic carbocycles. The molecule has 1 aromatic heterocycles. The molecule has 3 rings (SSSR count). The molecule has 1 aliphatic rings. The molecule has 0 N–H and O–H groups in total. The molecule has 0 fully saturated rings. The Morgan fingerprint density at radius 2 is 2.07 bits per heavy atom. The van der Waals surface area contributed by atoms with E-state index in [2.05, 4.69) is 56.8 Å². The van der Waals surface area contributed by atoms with Gasteiger partial charge in [0.05, 0.1) is 15.9 Å². The smallest absolute Gasteiger partial charge is 0.282 e. The zero-order valence-corrected chi connectivity index (χ0v) is 18.9. The van der Waals surface area contributed by atoms with Gasteiger partial charge in [0, 0.05) is 11.1 Å². The van der Waals surface area contributed by atoms with E-state index in [1.807, 2.05) is 18.2 Å². The second-order valence-electron chi connectivity index (χ2n) is 8.15. The van der Waals surface area contributed by atoms with E-state index in [9.17, 15) is 4.79 Å². The Kier molecular flexibility index (Phi) is 6.19. The Labute approximate surface area is 178 Å². The Bertz CT molecular complexity index is 1080. The zero-order valence-electron chi connectivity index (χ0n) is 18.2. The molecule has 1 aromatic carbocycles. The third kappa shape index (κ3) is 3.40. The van der Waals surface area contributed by atoms with Gasteiger partial charge in [0.15, 0.2) is 0 Å². The van der Waals surface area contributed by atoms with Crippen molar-refractivity contribution < 1.29 is 0 Å². The summed E-state index contributed by atoms with van der Waals surface area (Å²) in [6, 6.07) is 5.62. The topological polar surface area (TPSA) is 34.9 Å². The lowest BCUT2D eigenvalue weighted by atomic mass is 9.80. The summed E-state index contributed by atoms with van der Waals surface area (Å²) >= 11 is 6.40. The molecule has 4 heteroatoms. The van der Waals surface area contributed by atoms with Crippen LogP contribution >= 0.6 is 11.6 Å². The van der Waals surface area contributed by atoms with Gasteiger partial charge in [-0.2, -0.15) is 4.98 Å². The van der Waals surface area contributed by atoms with Crippen LogP contribution < -0.4 is 5.56 Å². The van der Waals surface area contributed by atoms with E-state index < -0.39 is 0 Å². The fourth-order valence-corrected chi connectivity index (χ4v) is 4.76. The number of allylic oxidation sites excluding steroid dienone is 5. The number of hydrogen-bond acceptors (Lipinski definition) is 2. The average Bonchev–Trinajstić information content (AvgIpc) is 2.92. The summed E-state index contributed by atoms with van der Waals surface area (Å²) in [4.78, 5) is 17.4. The van der Waals surface area contributed by atoms with E-state index >= 15 is 0 Å². The third-order valence-electron chi connectivity index (χ3n) is 6.66. The van der Waals surface area contributed by atoms with Crippen LogP contribution in [0.4, 0.5) is 0 Å². The Balaban J connectivity index is 2.38. The first kappa shape index (κ1) is 21.6. The summed E-state index contributed by atoms with van der Waals surface area (Å²) in [5.74, 6) is 1.27. The quantitative estimate of drug-likeness (QED) is 0.465. The minimum Gasteiger partial charge on any atom is -0.297 e. The maximum absolute atomic E-state index is 12.8. The number of halogens is 1. The highest BCUT2D eigenvalue weighted by molar-refractivity contribution is 6.35. The molecule has 3 nitrogen and oxygen atoms in total. The van der Waals surface area contributed by atoms with Gasteiger partial charge in [-0.1, -0.05) is 57.5 Å². The Hall–Kier alpha value is -2.13. The monoisotopic (exact) mass is 410 g/mol. The van der Waals surface area contributed by atoms with Gasteiger partial charge in [-0.25, -0.2) is 0 Å². The fourth-order valence-electron chi connectivity index (χ4n) is 4.51. The SMILES string of the molecule is C=C/C(=C\C1=C(C)C(C)(CC)c2nc(=O)c3c(Cl)cccc3n21)C(CC)CCC. The summed E-state index contributed by atoms with van der Waals surface area (Å²) in [5.41, 5.74) is 3.83. The average molecular weight is 411 g/mol. The van der Waals surface area contributed by atoms with E-state index in [4.69, 9.17) is 11.6 Å². The molecule has 2 atom stereocenters. The third-order valence-corrected chi connectivity index (χ3v) is 6.97. The molecule has 1 aliphatic heterocycles. The van der Waals surface area contributed by atoms with Crippen LogP contribution in [0, 0.1) is 5.92 Å². The van der Waals surface area contributed by atoms with Crippen molar-refractivity contribution in [2.75, 3.05) is 0 Å². The van der Waals surface area contributed by atoms with E-state index in [0.717, 1.165) is 42.7 Å². The largest absolute Gasteiger partial charge is 0.297 e. The highest BCUT2D eigenvalue weighted by atomic mass is 35.5. The molecule has 0 spiro atoms. The van der Waals surface area contributed by atoms with Crippen LogP contribution in [-0.2, 0) is 5.41 Å². The lowest BCUT2D eigenvalue weighted by Crippen LogP contribution is -2.27. The number of hydrogen-bond donors (Lipinski definition) is 0. The summed E-state index contributed by atoms with van der Waals surface area (Å²) in [6.45, 7) is 15.0. The lowest BCUT2D eigenvalue weighted by Gasteiger charge is -2.24. The van der Waals surface area contributed by atoms with E-state index in [0.29, 0.717) is 16.3 Å². The molecule has 154 valence electrons.